The van der Waals surface area contributed by atoms with Crippen molar-refractivity contribution in [2.24, 2.45) is 5.41 Å². The molecule has 0 aromatic rings. The highest BCUT2D eigenvalue weighted by Gasteiger charge is 2.40. The molecule has 0 fully saturated rings. The number of hydrogen-bond donors (Lipinski definition) is 0. The smallest absolute Gasteiger partial charge is 0.206 e. The van der Waals surface area contributed by atoms with Gasteiger partial charge in [0, 0.05) is 11.8 Å². The van der Waals surface area contributed by atoms with Gasteiger partial charge in [-0.05, 0) is 0 Å². The molecule has 0 saturated heterocycles. The Hall–Kier alpha value is -0.140. The Morgan fingerprint density at radius 3 is 1.44 bits per heavy atom. The fraction of sp³-hybridized carbons (Fsp3) is 1.00. The number of hydrogen-bond acceptors (Lipinski definition) is 0. The van der Waals surface area contributed by atoms with Crippen LogP contribution in [-0.2, 0) is 0 Å². The molecule has 0 amide bonds. The highest BCUT2D eigenvalue weighted by atomic mass is 19.3. The number of alkyl halides is 2. The van der Waals surface area contributed by atoms with Gasteiger partial charge in [0.05, 0.1) is 0 Å². The largest absolute Gasteiger partial charge is 0.252 e. The Bertz CT molecular complexity index is 89.6. The molecule has 0 atom stereocenters. The Balaban J connectivity index is 4.14. The summed E-state index contributed by atoms with van der Waals surface area (Å²) in [5.41, 5.74) is -0.887. The van der Waals surface area contributed by atoms with Gasteiger partial charge in [0.15, 0.2) is 0 Å². The van der Waals surface area contributed by atoms with Gasteiger partial charge in [-0.2, -0.15) is 0 Å². The van der Waals surface area contributed by atoms with E-state index >= 15 is 0 Å². The molecule has 0 nitrogen and oxygen atoms in total. The third-order valence-corrected chi connectivity index (χ3v) is 1.54. The Morgan fingerprint density at radius 2 is 1.44 bits per heavy atom. The lowest BCUT2D eigenvalue weighted by atomic mass is 9.87. The van der Waals surface area contributed by atoms with Crippen LogP contribution in [0.15, 0.2) is 0 Å². The monoisotopic (exact) mass is 136 g/mol. The molecule has 56 valence electrons. The van der Waals surface area contributed by atoms with Crippen LogP contribution in [0.1, 0.15) is 34.1 Å². The molecule has 0 radical (unpaired) electrons. The van der Waals surface area contributed by atoms with Crippen molar-refractivity contribution in [3.05, 3.63) is 0 Å². The lowest BCUT2D eigenvalue weighted by Gasteiger charge is -2.28. The standard InChI is InChI=1S/C7H14F2/c1-5-7(8,9)6(2,3)4/h5H2,1-4H3. The summed E-state index contributed by atoms with van der Waals surface area (Å²) in [4.78, 5) is 0. The Morgan fingerprint density at radius 1 is 1.11 bits per heavy atom. The minimum absolute atomic E-state index is 0.0729. The molecule has 0 aliphatic carbocycles. The van der Waals surface area contributed by atoms with Crippen LogP contribution in [0.4, 0.5) is 8.78 Å². The molecular formula is C7H14F2. The quantitative estimate of drug-likeness (QED) is 0.519. The van der Waals surface area contributed by atoms with E-state index in [4.69, 9.17) is 0 Å². The van der Waals surface area contributed by atoms with E-state index in [0.717, 1.165) is 0 Å². The maximum Gasteiger partial charge on any atom is 0.252 e. The minimum atomic E-state index is -2.52. The Labute approximate surface area is 55.3 Å². The second kappa shape index (κ2) is 2.24. The summed E-state index contributed by atoms with van der Waals surface area (Å²) in [5, 5.41) is 0. The van der Waals surface area contributed by atoms with Crippen molar-refractivity contribution in [2.75, 3.05) is 0 Å². The van der Waals surface area contributed by atoms with Gasteiger partial charge in [-0.1, -0.05) is 27.7 Å². The molecule has 0 heterocycles. The van der Waals surface area contributed by atoms with Crippen molar-refractivity contribution in [3.63, 3.8) is 0 Å². The van der Waals surface area contributed by atoms with E-state index in [1.54, 1.807) is 20.8 Å². The van der Waals surface area contributed by atoms with Crippen molar-refractivity contribution in [2.45, 2.75) is 40.0 Å². The van der Waals surface area contributed by atoms with E-state index in [1.807, 2.05) is 0 Å². The predicted octanol–water partition coefficient (Wildman–Crippen LogP) is 3.08. The van der Waals surface area contributed by atoms with Crippen molar-refractivity contribution < 1.29 is 8.78 Å². The predicted molar refractivity (Wildman–Crippen MR) is 34.7 cm³/mol. The minimum Gasteiger partial charge on any atom is -0.206 e. The van der Waals surface area contributed by atoms with Crippen LogP contribution < -0.4 is 0 Å². The third kappa shape index (κ3) is 1.92. The van der Waals surface area contributed by atoms with E-state index in [0.29, 0.717) is 0 Å². The van der Waals surface area contributed by atoms with Crippen LogP contribution in [0.2, 0.25) is 0 Å². The van der Waals surface area contributed by atoms with Crippen molar-refractivity contribution in [3.8, 4) is 0 Å². The molecule has 0 saturated carbocycles. The summed E-state index contributed by atoms with van der Waals surface area (Å²) in [5.74, 6) is -2.52. The lowest BCUT2D eigenvalue weighted by molar-refractivity contribution is -0.0986. The second-order valence-corrected chi connectivity index (χ2v) is 3.31. The van der Waals surface area contributed by atoms with Gasteiger partial charge in [-0.15, -0.1) is 0 Å². The first-order chi connectivity index (χ1) is 3.81. The molecule has 0 N–H and O–H groups in total. The summed E-state index contributed by atoms with van der Waals surface area (Å²) in [7, 11) is 0. The summed E-state index contributed by atoms with van der Waals surface area (Å²) in [6, 6.07) is 0. The van der Waals surface area contributed by atoms with Crippen molar-refractivity contribution >= 4 is 0 Å². The number of halogens is 2. The van der Waals surface area contributed by atoms with Gasteiger partial charge in [-0.3, -0.25) is 0 Å². The SMILES string of the molecule is CCC(F)(F)C(C)(C)C. The second-order valence-electron chi connectivity index (χ2n) is 3.31. The summed E-state index contributed by atoms with van der Waals surface area (Å²) in [6.45, 7) is 6.16. The van der Waals surface area contributed by atoms with Crippen LogP contribution in [-0.4, -0.2) is 5.92 Å². The molecule has 0 aliphatic heterocycles. The molecule has 9 heavy (non-hydrogen) atoms. The van der Waals surface area contributed by atoms with Gasteiger partial charge in [-0.25, -0.2) is 8.78 Å². The van der Waals surface area contributed by atoms with Crippen LogP contribution in [0.25, 0.3) is 0 Å². The van der Waals surface area contributed by atoms with Gasteiger partial charge in [0.2, 0.25) is 0 Å². The highest BCUT2D eigenvalue weighted by Crippen LogP contribution is 2.37. The fourth-order valence-electron chi connectivity index (χ4n) is 0.530. The first-order valence-corrected chi connectivity index (χ1v) is 3.19. The first-order valence-electron chi connectivity index (χ1n) is 3.19. The summed E-state index contributed by atoms with van der Waals surface area (Å²) in [6.07, 6.45) is -0.0729. The maximum atomic E-state index is 12.7. The molecule has 0 unspecified atom stereocenters. The highest BCUT2D eigenvalue weighted by molar-refractivity contribution is 4.79. The van der Waals surface area contributed by atoms with Gasteiger partial charge >= 0.3 is 0 Å². The van der Waals surface area contributed by atoms with E-state index in [-0.39, 0.29) is 6.42 Å². The molecule has 0 aliphatic rings. The fourth-order valence-corrected chi connectivity index (χ4v) is 0.530. The zero-order chi connectivity index (χ0) is 7.71. The van der Waals surface area contributed by atoms with E-state index in [1.165, 1.54) is 6.92 Å². The van der Waals surface area contributed by atoms with Crippen LogP contribution in [0.5, 0.6) is 0 Å². The number of rotatable bonds is 1. The molecule has 0 bridgehead atoms. The topological polar surface area (TPSA) is 0 Å². The molecule has 2 heteroatoms. The average molecular weight is 136 g/mol. The van der Waals surface area contributed by atoms with Crippen LogP contribution in [0.3, 0.4) is 0 Å². The molecule has 0 aromatic heterocycles. The van der Waals surface area contributed by atoms with E-state index < -0.39 is 11.3 Å². The third-order valence-electron chi connectivity index (χ3n) is 1.54. The van der Waals surface area contributed by atoms with Gasteiger partial charge < -0.3 is 0 Å². The first kappa shape index (κ1) is 8.86. The zero-order valence-electron chi connectivity index (χ0n) is 6.46. The van der Waals surface area contributed by atoms with E-state index in [9.17, 15) is 8.78 Å². The normalized spacial score (nSPS) is 14.0. The lowest BCUT2D eigenvalue weighted by Crippen LogP contribution is -2.32. The molecular weight excluding hydrogens is 122 g/mol. The van der Waals surface area contributed by atoms with Crippen LogP contribution in [0, 0.1) is 5.41 Å². The van der Waals surface area contributed by atoms with Gasteiger partial charge in [0.25, 0.3) is 5.92 Å². The average Bonchev–Trinajstić information content (AvgIpc) is 1.64. The van der Waals surface area contributed by atoms with Gasteiger partial charge in [0.1, 0.15) is 0 Å². The van der Waals surface area contributed by atoms with E-state index in [2.05, 4.69) is 0 Å². The summed E-state index contributed by atoms with van der Waals surface area (Å²) < 4.78 is 25.3. The molecule has 0 spiro atoms. The summed E-state index contributed by atoms with van der Waals surface area (Å²) >= 11 is 0. The Kier molecular flexibility index (Phi) is 2.20. The zero-order valence-corrected chi connectivity index (χ0v) is 6.46. The van der Waals surface area contributed by atoms with Crippen LogP contribution >= 0.6 is 0 Å². The molecule has 0 aromatic carbocycles. The molecule has 0 rings (SSSR count). The van der Waals surface area contributed by atoms with Crippen molar-refractivity contribution in [1.29, 1.82) is 0 Å². The maximum absolute atomic E-state index is 12.7. The van der Waals surface area contributed by atoms with Crippen molar-refractivity contribution in [1.82, 2.24) is 0 Å².